The maximum Gasteiger partial charge on any atom is 0.241 e. The minimum atomic E-state index is 0. The molecule has 0 spiro atoms. The van der Waals surface area contributed by atoms with Crippen molar-refractivity contribution in [3.63, 3.8) is 0 Å². The van der Waals surface area contributed by atoms with Gasteiger partial charge in [-0.05, 0) is 24.0 Å². The van der Waals surface area contributed by atoms with Gasteiger partial charge in [-0.1, -0.05) is 67.1 Å². The number of carbonyl (C=O) groups is 1. The van der Waals surface area contributed by atoms with Gasteiger partial charge in [0, 0.05) is 26.1 Å². The number of benzene rings is 2. The zero-order valence-corrected chi connectivity index (χ0v) is 19.6. The predicted octanol–water partition coefficient (Wildman–Crippen LogP) is 3.55. The number of amides is 1. The Morgan fingerprint density at radius 3 is 2.17 bits per heavy atom. The van der Waals surface area contributed by atoms with E-state index < -0.39 is 0 Å². The summed E-state index contributed by atoms with van der Waals surface area (Å²) in [6, 6.07) is 20.8. The van der Waals surface area contributed by atoms with Gasteiger partial charge in [0.05, 0.1) is 13.1 Å². The first kappa shape index (κ1) is 23.2. The van der Waals surface area contributed by atoms with Crippen molar-refractivity contribution in [1.82, 2.24) is 15.5 Å². The van der Waals surface area contributed by atoms with Crippen LogP contribution in [0, 0.1) is 0 Å². The van der Waals surface area contributed by atoms with Gasteiger partial charge in [-0.3, -0.25) is 4.79 Å². The Bertz CT molecular complexity index is 789. The summed E-state index contributed by atoms with van der Waals surface area (Å²) in [5.41, 5.74) is 2.67. The molecule has 0 radical (unpaired) electrons. The number of likely N-dealkylation sites (N-methyl/N-ethyl adjacent to an activating group) is 1. The summed E-state index contributed by atoms with van der Waals surface area (Å²) in [6.07, 6.45) is 3.60. The molecule has 1 fully saturated rings. The zero-order valence-electron chi connectivity index (χ0n) is 17.2. The normalized spacial score (nSPS) is 14.9. The lowest BCUT2D eigenvalue weighted by molar-refractivity contribution is -0.127. The van der Waals surface area contributed by atoms with Crippen LogP contribution in [-0.2, 0) is 16.8 Å². The Morgan fingerprint density at radius 2 is 1.62 bits per heavy atom. The van der Waals surface area contributed by atoms with Gasteiger partial charge >= 0.3 is 0 Å². The zero-order chi connectivity index (χ0) is 19.8. The van der Waals surface area contributed by atoms with E-state index in [-0.39, 0.29) is 41.8 Å². The molecular formula is C23H31IN4O. The summed E-state index contributed by atoms with van der Waals surface area (Å²) in [6.45, 7) is 1.62. The fourth-order valence-corrected chi connectivity index (χ4v) is 3.46. The van der Waals surface area contributed by atoms with Crippen molar-refractivity contribution in [3.05, 3.63) is 71.8 Å². The molecule has 3 rings (SSSR count). The molecule has 0 saturated heterocycles. The maximum absolute atomic E-state index is 12.0. The lowest BCUT2D eigenvalue weighted by atomic mass is 9.64. The van der Waals surface area contributed by atoms with E-state index in [9.17, 15) is 4.79 Å². The molecule has 2 N–H and O–H groups in total. The van der Waals surface area contributed by atoms with E-state index in [1.54, 1.807) is 19.0 Å². The number of halogens is 1. The van der Waals surface area contributed by atoms with Crippen LogP contribution < -0.4 is 10.6 Å². The topological polar surface area (TPSA) is 56.7 Å². The quantitative estimate of drug-likeness (QED) is 0.343. The highest BCUT2D eigenvalue weighted by atomic mass is 127. The minimum absolute atomic E-state index is 0. The molecule has 156 valence electrons. The van der Waals surface area contributed by atoms with Crippen molar-refractivity contribution >= 4 is 35.8 Å². The maximum atomic E-state index is 12.0. The molecule has 1 saturated carbocycles. The molecule has 0 unspecified atom stereocenters. The highest BCUT2D eigenvalue weighted by Gasteiger charge is 2.38. The first-order valence-electron chi connectivity index (χ1n) is 9.91. The van der Waals surface area contributed by atoms with E-state index in [0.29, 0.717) is 12.5 Å². The summed E-state index contributed by atoms with van der Waals surface area (Å²) in [5.74, 6) is 0.705. The third-order valence-corrected chi connectivity index (χ3v) is 5.46. The molecule has 2 aromatic carbocycles. The number of nitrogens with one attached hydrogen (secondary N) is 2. The minimum Gasteiger partial charge on any atom is -0.355 e. The lowest BCUT2D eigenvalue weighted by Gasteiger charge is -2.43. The summed E-state index contributed by atoms with van der Waals surface area (Å²) < 4.78 is 0. The Labute approximate surface area is 191 Å². The van der Waals surface area contributed by atoms with Gasteiger partial charge < -0.3 is 15.5 Å². The van der Waals surface area contributed by atoms with Crippen LogP contribution in [0.3, 0.4) is 0 Å². The Kier molecular flexibility index (Phi) is 8.95. The summed E-state index contributed by atoms with van der Waals surface area (Å²) in [7, 11) is 3.52. The highest BCUT2D eigenvalue weighted by Crippen LogP contribution is 2.43. The second kappa shape index (κ2) is 11.2. The molecule has 0 atom stereocenters. The Balaban J connectivity index is 0.00000300. The first-order valence-corrected chi connectivity index (χ1v) is 9.91. The fourth-order valence-electron chi connectivity index (χ4n) is 3.46. The second-order valence-corrected chi connectivity index (χ2v) is 7.65. The number of guanidine groups is 1. The van der Waals surface area contributed by atoms with E-state index in [2.05, 4.69) is 53.1 Å². The summed E-state index contributed by atoms with van der Waals surface area (Å²) in [5, 5.41) is 6.68. The van der Waals surface area contributed by atoms with Gasteiger partial charge in [-0.2, -0.15) is 0 Å². The van der Waals surface area contributed by atoms with Gasteiger partial charge in [0.1, 0.15) is 0 Å². The molecule has 0 aromatic heterocycles. The van der Waals surface area contributed by atoms with Gasteiger partial charge in [0.2, 0.25) is 5.91 Å². The average Bonchev–Trinajstić information content (AvgIpc) is 2.69. The van der Waals surface area contributed by atoms with Crippen LogP contribution >= 0.6 is 24.0 Å². The Morgan fingerprint density at radius 1 is 1.00 bits per heavy atom. The van der Waals surface area contributed by atoms with E-state index >= 15 is 0 Å². The SMILES string of the molecule is CN(C)C(=O)CNC(=NCc1ccccc1)NCC1(c2ccccc2)CCC1.I. The number of hydrogen-bond donors (Lipinski definition) is 2. The van der Waals surface area contributed by atoms with Gasteiger partial charge in [-0.15, -0.1) is 24.0 Å². The van der Waals surface area contributed by atoms with E-state index in [1.807, 2.05) is 18.2 Å². The molecule has 2 aromatic rings. The number of rotatable bonds is 7. The Hall–Kier alpha value is -2.09. The van der Waals surface area contributed by atoms with Crippen molar-refractivity contribution in [3.8, 4) is 0 Å². The van der Waals surface area contributed by atoms with Crippen molar-refractivity contribution in [2.45, 2.75) is 31.2 Å². The molecule has 0 bridgehead atoms. The number of carbonyl (C=O) groups excluding carboxylic acids is 1. The third kappa shape index (κ3) is 6.45. The molecule has 1 aliphatic carbocycles. The van der Waals surface area contributed by atoms with Crippen molar-refractivity contribution < 1.29 is 4.79 Å². The third-order valence-electron chi connectivity index (χ3n) is 5.46. The monoisotopic (exact) mass is 506 g/mol. The van der Waals surface area contributed by atoms with Crippen LogP contribution in [0.25, 0.3) is 0 Å². The number of aliphatic imine (C=N–C) groups is 1. The van der Waals surface area contributed by atoms with Crippen LogP contribution in [0.15, 0.2) is 65.7 Å². The average molecular weight is 506 g/mol. The molecule has 1 amide bonds. The van der Waals surface area contributed by atoms with E-state index in [0.717, 1.165) is 12.1 Å². The molecular weight excluding hydrogens is 475 g/mol. The van der Waals surface area contributed by atoms with Gasteiger partial charge in [0.25, 0.3) is 0 Å². The standard InChI is InChI=1S/C23H30N4O.HI/c1-27(2)21(28)17-25-22(24-16-19-10-5-3-6-11-19)26-18-23(14-9-15-23)20-12-7-4-8-13-20;/h3-8,10-13H,9,14-18H2,1-2H3,(H2,24,25,26);1H. The van der Waals surface area contributed by atoms with Crippen LogP contribution in [0.2, 0.25) is 0 Å². The highest BCUT2D eigenvalue weighted by molar-refractivity contribution is 14.0. The lowest BCUT2D eigenvalue weighted by Crippen LogP contribution is -2.50. The second-order valence-electron chi connectivity index (χ2n) is 7.65. The van der Waals surface area contributed by atoms with Crippen molar-refractivity contribution in [2.24, 2.45) is 4.99 Å². The predicted molar refractivity (Wildman–Crippen MR) is 130 cm³/mol. The van der Waals surface area contributed by atoms with Crippen molar-refractivity contribution in [1.29, 1.82) is 0 Å². The van der Waals surface area contributed by atoms with Crippen LogP contribution in [0.1, 0.15) is 30.4 Å². The fraction of sp³-hybridized carbons (Fsp3) is 0.391. The molecule has 0 heterocycles. The van der Waals surface area contributed by atoms with Crippen molar-refractivity contribution in [2.75, 3.05) is 27.2 Å². The van der Waals surface area contributed by atoms with Gasteiger partial charge in [-0.25, -0.2) is 4.99 Å². The molecule has 0 aliphatic heterocycles. The summed E-state index contributed by atoms with van der Waals surface area (Å²) in [4.78, 5) is 18.3. The van der Waals surface area contributed by atoms with Crippen LogP contribution in [-0.4, -0.2) is 44.0 Å². The number of hydrogen-bond acceptors (Lipinski definition) is 2. The smallest absolute Gasteiger partial charge is 0.241 e. The largest absolute Gasteiger partial charge is 0.355 e. The van der Waals surface area contributed by atoms with E-state index in [4.69, 9.17) is 4.99 Å². The van der Waals surface area contributed by atoms with E-state index in [1.165, 1.54) is 24.8 Å². The molecule has 29 heavy (non-hydrogen) atoms. The number of nitrogens with zero attached hydrogens (tertiary/aromatic N) is 2. The van der Waals surface area contributed by atoms with Crippen LogP contribution in [0.5, 0.6) is 0 Å². The molecule has 5 nitrogen and oxygen atoms in total. The molecule has 6 heteroatoms. The first-order chi connectivity index (χ1) is 13.6. The molecule has 1 aliphatic rings. The van der Waals surface area contributed by atoms with Gasteiger partial charge in [0.15, 0.2) is 5.96 Å². The summed E-state index contributed by atoms with van der Waals surface area (Å²) >= 11 is 0. The van der Waals surface area contributed by atoms with Crippen LogP contribution in [0.4, 0.5) is 0 Å².